The lowest BCUT2D eigenvalue weighted by molar-refractivity contribution is 0.190. The number of rotatable bonds is 8. The fraction of sp³-hybridized carbons (Fsp3) is 0.667. The molecule has 0 heterocycles. The topological polar surface area (TPSA) is 15.3 Å². The van der Waals surface area contributed by atoms with Crippen molar-refractivity contribution in [1.29, 1.82) is 0 Å². The summed E-state index contributed by atoms with van der Waals surface area (Å²) in [6.07, 6.45) is 2.86. The molecule has 1 aromatic carbocycles. The lowest BCUT2D eigenvalue weighted by atomic mass is 10.0. The molecule has 0 aliphatic heterocycles. The Balaban J connectivity index is 2.04. The van der Waals surface area contributed by atoms with Gasteiger partial charge in [0, 0.05) is 25.2 Å². The minimum absolute atomic E-state index is 0.446. The first-order valence-corrected chi connectivity index (χ1v) is 8.14. The Kier molecular flexibility index (Phi) is 5.62. The van der Waals surface area contributed by atoms with Gasteiger partial charge in [-0.05, 0) is 51.6 Å². The van der Waals surface area contributed by atoms with Gasteiger partial charge in [-0.3, -0.25) is 4.90 Å². The van der Waals surface area contributed by atoms with Crippen molar-refractivity contribution in [3.8, 4) is 0 Å². The van der Waals surface area contributed by atoms with Gasteiger partial charge < -0.3 is 5.32 Å². The van der Waals surface area contributed by atoms with Gasteiger partial charge in [-0.1, -0.05) is 36.8 Å². The van der Waals surface area contributed by atoms with Crippen LogP contribution in [0.2, 0.25) is 0 Å². The molecule has 20 heavy (non-hydrogen) atoms. The van der Waals surface area contributed by atoms with E-state index >= 15 is 0 Å². The maximum absolute atomic E-state index is 3.66. The fourth-order valence-electron chi connectivity index (χ4n) is 2.70. The van der Waals surface area contributed by atoms with Crippen molar-refractivity contribution in [3.63, 3.8) is 0 Å². The Morgan fingerprint density at radius 1 is 1.20 bits per heavy atom. The first-order valence-electron chi connectivity index (χ1n) is 8.14. The third kappa shape index (κ3) is 4.60. The molecule has 2 nitrogen and oxygen atoms in total. The number of hydrogen-bond donors (Lipinski definition) is 1. The normalized spacial score (nSPS) is 16.9. The van der Waals surface area contributed by atoms with Crippen molar-refractivity contribution in [2.75, 3.05) is 19.6 Å². The van der Waals surface area contributed by atoms with Gasteiger partial charge in [-0.2, -0.15) is 0 Å². The molecule has 0 spiro atoms. The van der Waals surface area contributed by atoms with E-state index in [9.17, 15) is 0 Å². The van der Waals surface area contributed by atoms with E-state index < -0.39 is 0 Å². The van der Waals surface area contributed by atoms with Gasteiger partial charge in [-0.15, -0.1) is 0 Å². The average molecular weight is 274 g/mol. The summed E-state index contributed by atoms with van der Waals surface area (Å²) in [6, 6.07) is 10.1. The highest BCUT2D eigenvalue weighted by atomic mass is 15.2. The van der Waals surface area contributed by atoms with E-state index in [1.54, 1.807) is 0 Å². The summed E-state index contributed by atoms with van der Waals surface area (Å²) >= 11 is 0. The Labute approximate surface area is 124 Å². The van der Waals surface area contributed by atoms with Crippen LogP contribution >= 0.6 is 0 Å². The average Bonchev–Trinajstić information content (AvgIpc) is 3.22. The van der Waals surface area contributed by atoms with Crippen LogP contribution in [0.3, 0.4) is 0 Å². The molecule has 1 unspecified atom stereocenters. The summed E-state index contributed by atoms with van der Waals surface area (Å²) < 4.78 is 0. The van der Waals surface area contributed by atoms with Crippen LogP contribution in [-0.2, 0) is 0 Å². The van der Waals surface area contributed by atoms with Crippen molar-refractivity contribution in [2.24, 2.45) is 5.92 Å². The second kappa shape index (κ2) is 7.24. The van der Waals surface area contributed by atoms with Gasteiger partial charge in [0.05, 0.1) is 0 Å². The number of nitrogens with zero attached hydrogens (tertiary/aromatic N) is 1. The Hall–Kier alpha value is -0.860. The molecule has 1 atom stereocenters. The summed E-state index contributed by atoms with van der Waals surface area (Å²) in [5.74, 6) is 0.956. The van der Waals surface area contributed by atoms with Crippen molar-refractivity contribution < 1.29 is 0 Å². The van der Waals surface area contributed by atoms with Gasteiger partial charge in [0.1, 0.15) is 0 Å². The van der Waals surface area contributed by atoms with E-state index in [4.69, 9.17) is 0 Å². The van der Waals surface area contributed by atoms with Crippen molar-refractivity contribution in [3.05, 3.63) is 35.4 Å². The third-order valence-corrected chi connectivity index (χ3v) is 4.27. The third-order valence-electron chi connectivity index (χ3n) is 4.27. The smallest absolute Gasteiger partial charge is 0.0449 e. The minimum Gasteiger partial charge on any atom is -0.309 e. The maximum atomic E-state index is 3.66. The Morgan fingerprint density at radius 3 is 2.35 bits per heavy atom. The highest BCUT2D eigenvalue weighted by molar-refractivity contribution is 5.24. The molecule has 0 radical (unpaired) electrons. The molecule has 2 heteroatoms. The molecule has 1 aliphatic carbocycles. The predicted molar refractivity (Wildman–Crippen MR) is 87.0 cm³/mol. The largest absolute Gasteiger partial charge is 0.309 e. The van der Waals surface area contributed by atoms with Crippen LogP contribution in [0, 0.1) is 12.8 Å². The van der Waals surface area contributed by atoms with Crippen molar-refractivity contribution in [1.82, 2.24) is 10.2 Å². The second-order valence-corrected chi connectivity index (χ2v) is 6.51. The summed E-state index contributed by atoms with van der Waals surface area (Å²) in [6.45, 7) is 12.4. The highest BCUT2D eigenvalue weighted by Gasteiger charge is 2.27. The second-order valence-electron chi connectivity index (χ2n) is 6.51. The summed E-state index contributed by atoms with van der Waals surface area (Å²) in [5, 5.41) is 3.66. The molecule has 1 fully saturated rings. The Bertz CT molecular complexity index is 392. The number of nitrogens with one attached hydrogen (secondary N) is 1. The van der Waals surface area contributed by atoms with E-state index in [1.165, 1.54) is 30.5 Å². The molecule has 1 N–H and O–H groups in total. The van der Waals surface area contributed by atoms with Crippen LogP contribution < -0.4 is 5.32 Å². The van der Waals surface area contributed by atoms with Crippen LogP contribution in [0.5, 0.6) is 0 Å². The van der Waals surface area contributed by atoms with E-state index in [-0.39, 0.29) is 0 Å². The summed E-state index contributed by atoms with van der Waals surface area (Å²) in [5.41, 5.74) is 2.75. The molecule has 0 saturated heterocycles. The molecule has 0 amide bonds. The number of hydrogen-bond acceptors (Lipinski definition) is 2. The van der Waals surface area contributed by atoms with Crippen LogP contribution in [0.15, 0.2) is 24.3 Å². The first-order chi connectivity index (χ1) is 9.60. The molecule has 0 bridgehead atoms. The molecule has 0 aromatic heterocycles. The van der Waals surface area contributed by atoms with Crippen molar-refractivity contribution in [2.45, 2.75) is 52.6 Å². The fourth-order valence-corrected chi connectivity index (χ4v) is 2.70. The van der Waals surface area contributed by atoms with E-state index in [1.807, 2.05) is 0 Å². The summed E-state index contributed by atoms with van der Waals surface area (Å²) in [7, 11) is 0. The molecular weight excluding hydrogens is 244 g/mol. The number of benzene rings is 1. The van der Waals surface area contributed by atoms with Gasteiger partial charge in [0.2, 0.25) is 0 Å². The summed E-state index contributed by atoms with van der Waals surface area (Å²) in [4.78, 5) is 2.64. The maximum Gasteiger partial charge on any atom is 0.0449 e. The standard InChI is InChI=1S/C18H30N2/c1-5-19-18(17-10-6-15(4)7-11-17)13-20(14(2)3)12-16-8-9-16/h6-7,10-11,14,16,18-19H,5,8-9,12-13H2,1-4H3. The molecule has 1 aromatic rings. The van der Waals surface area contributed by atoms with Crippen LogP contribution in [-0.4, -0.2) is 30.6 Å². The van der Waals surface area contributed by atoms with E-state index in [0.29, 0.717) is 12.1 Å². The van der Waals surface area contributed by atoms with Gasteiger partial charge in [0.25, 0.3) is 0 Å². The van der Waals surface area contributed by atoms with Gasteiger partial charge in [-0.25, -0.2) is 0 Å². The quantitative estimate of drug-likeness (QED) is 0.776. The van der Waals surface area contributed by atoms with Crippen molar-refractivity contribution >= 4 is 0 Å². The minimum atomic E-state index is 0.446. The van der Waals surface area contributed by atoms with Gasteiger partial charge >= 0.3 is 0 Å². The molecule has 1 aliphatic rings. The lowest BCUT2D eigenvalue weighted by Gasteiger charge is -2.31. The number of aryl methyl sites for hydroxylation is 1. The molecule has 1 saturated carbocycles. The van der Waals surface area contributed by atoms with E-state index in [0.717, 1.165) is 19.0 Å². The molecular formula is C18H30N2. The van der Waals surface area contributed by atoms with Crippen LogP contribution in [0.4, 0.5) is 0 Å². The SMILES string of the molecule is CCNC(CN(CC1CC1)C(C)C)c1ccc(C)cc1. The predicted octanol–water partition coefficient (Wildman–Crippen LogP) is 3.77. The lowest BCUT2D eigenvalue weighted by Crippen LogP contribution is -2.40. The number of likely N-dealkylation sites (N-methyl/N-ethyl adjacent to an activating group) is 1. The highest BCUT2D eigenvalue weighted by Crippen LogP contribution is 2.31. The van der Waals surface area contributed by atoms with Crippen LogP contribution in [0.25, 0.3) is 0 Å². The zero-order valence-electron chi connectivity index (χ0n) is 13.5. The van der Waals surface area contributed by atoms with Crippen LogP contribution in [0.1, 0.15) is 50.8 Å². The van der Waals surface area contributed by atoms with E-state index in [2.05, 4.69) is 62.2 Å². The van der Waals surface area contributed by atoms with Gasteiger partial charge in [0.15, 0.2) is 0 Å². The first kappa shape index (κ1) is 15.5. The Morgan fingerprint density at radius 2 is 1.85 bits per heavy atom. The zero-order valence-corrected chi connectivity index (χ0v) is 13.5. The molecule has 112 valence electrons. The molecule has 2 rings (SSSR count). The zero-order chi connectivity index (χ0) is 14.5. The monoisotopic (exact) mass is 274 g/mol.